The molecule has 0 unspecified atom stereocenters. The molecular formula is C21H16FN3O2. The van der Waals surface area contributed by atoms with Crippen LogP contribution >= 0.6 is 0 Å². The van der Waals surface area contributed by atoms with E-state index in [0.717, 1.165) is 41.5 Å². The molecule has 1 aliphatic heterocycles. The number of carbonyl (C=O) groups is 2. The first-order valence-electron chi connectivity index (χ1n) is 8.76. The molecule has 2 aromatic heterocycles. The van der Waals surface area contributed by atoms with Gasteiger partial charge < -0.3 is 9.47 Å². The number of fused-ring (bicyclic) bond motifs is 4. The molecule has 134 valence electrons. The lowest BCUT2D eigenvalue weighted by atomic mass is 9.97. The van der Waals surface area contributed by atoms with Gasteiger partial charge in [0.05, 0.1) is 11.2 Å². The molecule has 0 radical (unpaired) electrons. The average Bonchev–Trinajstić information content (AvgIpc) is 3.39. The van der Waals surface area contributed by atoms with E-state index < -0.39 is 5.95 Å². The van der Waals surface area contributed by atoms with Crippen molar-refractivity contribution in [2.24, 2.45) is 0 Å². The smallest absolute Gasteiger partial charge is 0.271 e. The Labute approximate surface area is 155 Å². The molecule has 0 N–H and O–H groups in total. The van der Waals surface area contributed by atoms with Crippen molar-refractivity contribution in [3.63, 3.8) is 0 Å². The van der Waals surface area contributed by atoms with Gasteiger partial charge in [0.15, 0.2) is 6.29 Å². The summed E-state index contributed by atoms with van der Waals surface area (Å²) < 4.78 is 15.0. The Kier molecular flexibility index (Phi) is 3.16. The molecule has 5 nitrogen and oxygen atoms in total. The third-order valence-electron chi connectivity index (χ3n) is 5.69. The molecule has 1 aromatic carbocycles. The van der Waals surface area contributed by atoms with Crippen molar-refractivity contribution in [3.05, 3.63) is 71.6 Å². The van der Waals surface area contributed by atoms with E-state index in [1.807, 2.05) is 25.2 Å². The van der Waals surface area contributed by atoms with Crippen molar-refractivity contribution in [2.75, 3.05) is 7.05 Å². The SMILES string of the molecule is CN1C(=O)c2cc(C=O)cn2-c2cc(-c3ccc(F)nc3)ccc2C12CC2. The van der Waals surface area contributed by atoms with Gasteiger partial charge in [-0.1, -0.05) is 12.1 Å². The number of amides is 1. The normalized spacial score (nSPS) is 16.7. The summed E-state index contributed by atoms with van der Waals surface area (Å²) >= 11 is 0. The highest BCUT2D eigenvalue weighted by Gasteiger charge is 2.53. The molecule has 6 heteroatoms. The summed E-state index contributed by atoms with van der Waals surface area (Å²) in [5.41, 5.74) is 4.22. The van der Waals surface area contributed by atoms with Gasteiger partial charge in [0.2, 0.25) is 5.95 Å². The highest BCUT2D eigenvalue weighted by molar-refractivity contribution is 5.97. The first-order chi connectivity index (χ1) is 13.0. The number of hydrogen-bond acceptors (Lipinski definition) is 3. The van der Waals surface area contributed by atoms with Crippen molar-refractivity contribution in [1.29, 1.82) is 0 Å². The van der Waals surface area contributed by atoms with Gasteiger partial charge in [-0.25, -0.2) is 4.98 Å². The standard InChI is InChI=1S/C21H16FN3O2/c1-24-20(27)18-8-13(12-26)11-25(18)17-9-14(15-3-5-19(22)23-10-15)2-4-16(17)21(24)6-7-21/h2-5,8-12H,6-7H2,1H3. The summed E-state index contributed by atoms with van der Waals surface area (Å²) in [5, 5.41) is 0. The summed E-state index contributed by atoms with van der Waals surface area (Å²) in [6, 6.07) is 10.6. The minimum atomic E-state index is -0.527. The van der Waals surface area contributed by atoms with E-state index in [9.17, 15) is 14.0 Å². The molecule has 1 aliphatic carbocycles. The molecule has 1 spiro atoms. The Balaban J connectivity index is 1.77. The van der Waals surface area contributed by atoms with Gasteiger partial charge in [-0.15, -0.1) is 0 Å². The minimum Gasteiger partial charge on any atom is -0.331 e. The third kappa shape index (κ3) is 2.19. The number of nitrogens with zero attached hydrogens (tertiary/aromatic N) is 3. The lowest BCUT2D eigenvalue weighted by Gasteiger charge is -2.27. The summed E-state index contributed by atoms with van der Waals surface area (Å²) in [6.45, 7) is 0. The fourth-order valence-corrected chi connectivity index (χ4v) is 4.03. The number of rotatable bonds is 2. The fraction of sp³-hybridized carbons (Fsp3) is 0.190. The molecule has 0 bridgehead atoms. The maximum Gasteiger partial charge on any atom is 0.271 e. The van der Waals surface area contributed by atoms with Crippen molar-refractivity contribution in [2.45, 2.75) is 18.4 Å². The zero-order valence-corrected chi connectivity index (χ0v) is 14.6. The molecule has 1 amide bonds. The fourth-order valence-electron chi connectivity index (χ4n) is 4.03. The molecule has 3 heterocycles. The Hall–Kier alpha value is -3.28. The van der Waals surface area contributed by atoms with Gasteiger partial charge in [0, 0.05) is 36.1 Å². The van der Waals surface area contributed by atoms with E-state index in [0.29, 0.717) is 11.3 Å². The van der Waals surface area contributed by atoms with Crippen LogP contribution in [0.5, 0.6) is 0 Å². The van der Waals surface area contributed by atoms with Crippen LogP contribution < -0.4 is 0 Å². The van der Waals surface area contributed by atoms with E-state index in [-0.39, 0.29) is 11.4 Å². The van der Waals surface area contributed by atoms with Gasteiger partial charge in [0.25, 0.3) is 5.91 Å². The lowest BCUT2D eigenvalue weighted by molar-refractivity contribution is 0.0705. The van der Waals surface area contributed by atoms with Gasteiger partial charge in [-0.2, -0.15) is 4.39 Å². The van der Waals surface area contributed by atoms with E-state index in [2.05, 4.69) is 4.98 Å². The molecule has 1 fully saturated rings. The summed E-state index contributed by atoms with van der Waals surface area (Å²) in [7, 11) is 1.82. The molecule has 0 atom stereocenters. The predicted molar refractivity (Wildman–Crippen MR) is 97.4 cm³/mol. The first-order valence-corrected chi connectivity index (χ1v) is 8.76. The highest BCUT2D eigenvalue weighted by atomic mass is 19.1. The van der Waals surface area contributed by atoms with Crippen LogP contribution in [0.15, 0.2) is 48.8 Å². The Morgan fingerprint density at radius 2 is 1.93 bits per heavy atom. The largest absolute Gasteiger partial charge is 0.331 e. The molecule has 2 aliphatic rings. The maximum atomic E-state index is 13.2. The van der Waals surface area contributed by atoms with Crippen LogP contribution in [0, 0.1) is 5.95 Å². The second-order valence-corrected chi connectivity index (χ2v) is 7.14. The number of hydrogen-bond donors (Lipinski definition) is 0. The Morgan fingerprint density at radius 3 is 2.59 bits per heavy atom. The molecule has 0 saturated heterocycles. The molecular weight excluding hydrogens is 345 g/mol. The zero-order valence-electron chi connectivity index (χ0n) is 14.6. The topological polar surface area (TPSA) is 55.2 Å². The highest BCUT2D eigenvalue weighted by Crippen LogP contribution is 2.54. The number of pyridine rings is 1. The Bertz CT molecular complexity index is 1100. The average molecular weight is 361 g/mol. The number of halogens is 1. The van der Waals surface area contributed by atoms with E-state index >= 15 is 0 Å². The molecule has 5 rings (SSSR count). The molecule has 3 aromatic rings. The van der Waals surface area contributed by atoms with Crippen molar-refractivity contribution in [1.82, 2.24) is 14.5 Å². The number of aldehydes is 1. The first kappa shape index (κ1) is 15.9. The van der Waals surface area contributed by atoms with Gasteiger partial charge in [0.1, 0.15) is 5.69 Å². The van der Waals surface area contributed by atoms with E-state index in [4.69, 9.17) is 0 Å². The van der Waals surface area contributed by atoms with E-state index in [1.165, 1.54) is 12.3 Å². The number of carbonyl (C=O) groups excluding carboxylic acids is 2. The van der Waals surface area contributed by atoms with E-state index in [1.54, 1.807) is 27.8 Å². The van der Waals surface area contributed by atoms with Crippen LogP contribution in [0.2, 0.25) is 0 Å². The van der Waals surface area contributed by atoms with Gasteiger partial charge in [-0.05, 0) is 42.7 Å². The maximum absolute atomic E-state index is 13.2. The van der Waals surface area contributed by atoms with Gasteiger partial charge in [-0.3, -0.25) is 9.59 Å². The zero-order chi connectivity index (χ0) is 18.8. The second-order valence-electron chi connectivity index (χ2n) is 7.14. The minimum absolute atomic E-state index is 0.0956. The van der Waals surface area contributed by atoms with Crippen LogP contribution in [-0.2, 0) is 5.54 Å². The molecule has 27 heavy (non-hydrogen) atoms. The van der Waals surface area contributed by atoms with Crippen LogP contribution in [0.1, 0.15) is 39.3 Å². The molecule has 1 saturated carbocycles. The van der Waals surface area contributed by atoms with Crippen LogP contribution in [0.3, 0.4) is 0 Å². The number of benzene rings is 1. The van der Waals surface area contributed by atoms with Crippen LogP contribution in [0.4, 0.5) is 4.39 Å². The summed E-state index contributed by atoms with van der Waals surface area (Å²) in [6.07, 6.45) is 5.75. The van der Waals surface area contributed by atoms with Crippen molar-refractivity contribution < 1.29 is 14.0 Å². The third-order valence-corrected chi connectivity index (χ3v) is 5.69. The number of aromatic nitrogens is 2. The van der Waals surface area contributed by atoms with Crippen LogP contribution in [0.25, 0.3) is 16.8 Å². The van der Waals surface area contributed by atoms with Gasteiger partial charge >= 0.3 is 0 Å². The quantitative estimate of drug-likeness (QED) is 0.518. The van der Waals surface area contributed by atoms with Crippen molar-refractivity contribution in [3.8, 4) is 16.8 Å². The Morgan fingerprint density at radius 1 is 1.15 bits per heavy atom. The predicted octanol–water partition coefficient (Wildman–Crippen LogP) is 3.57. The monoisotopic (exact) mass is 361 g/mol. The second kappa shape index (κ2) is 5.36. The van der Waals surface area contributed by atoms with Crippen LogP contribution in [-0.4, -0.2) is 33.7 Å². The lowest BCUT2D eigenvalue weighted by Crippen LogP contribution is -2.36. The summed E-state index contributed by atoms with van der Waals surface area (Å²) in [4.78, 5) is 29.8. The summed E-state index contributed by atoms with van der Waals surface area (Å²) in [5.74, 6) is -0.622. The van der Waals surface area contributed by atoms with Crippen molar-refractivity contribution >= 4 is 12.2 Å².